The van der Waals surface area contributed by atoms with Gasteiger partial charge in [-0.05, 0) is 13.0 Å². The van der Waals surface area contributed by atoms with E-state index in [4.69, 9.17) is 9.79 Å². The fourth-order valence-corrected chi connectivity index (χ4v) is 1.48. The number of nitrogens with one attached hydrogen (secondary N) is 1. The fourth-order valence-electron chi connectivity index (χ4n) is 1.03. The molecule has 0 fully saturated rings. The Bertz CT molecular complexity index is 157. The highest BCUT2D eigenvalue weighted by atomic mass is 31.2. The average molecular weight is 209 g/mol. The minimum absolute atomic E-state index is 0.0548. The van der Waals surface area contributed by atoms with Gasteiger partial charge in [-0.1, -0.05) is 26.2 Å². The molecule has 0 heterocycles. The molecule has 0 saturated heterocycles. The van der Waals surface area contributed by atoms with Gasteiger partial charge in [-0.3, -0.25) is 4.57 Å². The third kappa shape index (κ3) is 12.1. The summed E-state index contributed by atoms with van der Waals surface area (Å²) in [7, 11) is -3.79. The summed E-state index contributed by atoms with van der Waals surface area (Å²) >= 11 is 0. The van der Waals surface area contributed by atoms with E-state index in [1.807, 2.05) is 0 Å². The van der Waals surface area contributed by atoms with E-state index in [9.17, 15) is 4.57 Å². The van der Waals surface area contributed by atoms with Crippen LogP contribution in [0, 0.1) is 0 Å². The van der Waals surface area contributed by atoms with E-state index in [2.05, 4.69) is 12.2 Å². The minimum atomic E-state index is -3.79. The average Bonchev–Trinajstić information content (AvgIpc) is 2.01. The first-order valence-corrected chi connectivity index (χ1v) is 6.61. The first kappa shape index (κ1) is 13.1. The summed E-state index contributed by atoms with van der Waals surface area (Å²) in [4.78, 5) is 17.1. The Kier molecular flexibility index (Phi) is 7.57. The summed E-state index contributed by atoms with van der Waals surface area (Å²) in [6.45, 7) is 3.43. The van der Waals surface area contributed by atoms with Crippen molar-refractivity contribution in [3.05, 3.63) is 0 Å². The van der Waals surface area contributed by atoms with E-state index < -0.39 is 7.60 Å². The van der Waals surface area contributed by atoms with E-state index in [0.717, 1.165) is 13.0 Å². The van der Waals surface area contributed by atoms with Crippen molar-refractivity contribution in [1.82, 2.24) is 5.32 Å². The molecule has 0 spiro atoms. The summed E-state index contributed by atoms with van der Waals surface area (Å²) in [5.74, 6) is 0. The van der Waals surface area contributed by atoms with Crippen molar-refractivity contribution in [2.24, 2.45) is 0 Å². The number of rotatable bonds is 8. The monoisotopic (exact) mass is 209 g/mol. The second-order valence-electron chi connectivity index (χ2n) is 3.20. The molecule has 4 nitrogen and oxygen atoms in total. The van der Waals surface area contributed by atoms with Crippen LogP contribution in [0.15, 0.2) is 0 Å². The van der Waals surface area contributed by atoms with Crippen LogP contribution in [-0.2, 0) is 4.57 Å². The van der Waals surface area contributed by atoms with E-state index >= 15 is 0 Å². The molecule has 0 aromatic heterocycles. The lowest BCUT2D eigenvalue weighted by molar-refractivity contribution is 0.371. The minimum Gasteiger partial charge on any atom is -0.324 e. The molecule has 80 valence electrons. The van der Waals surface area contributed by atoms with Crippen LogP contribution in [0.1, 0.15) is 32.6 Å². The van der Waals surface area contributed by atoms with Crippen molar-refractivity contribution in [3.8, 4) is 0 Å². The maximum Gasteiger partial charge on any atom is 0.326 e. The van der Waals surface area contributed by atoms with Crippen LogP contribution in [0.3, 0.4) is 0 Å². The van der Waals surface area contributed by atoms with Gasteiger partial charge in [-0.2, -0.15) is 0 Å². The molecule has 3 N–H and O–H groups in total. The third-order valence-electron chi connectivity index (χ3n) is 1.79. The highest BCUT2D eigenvalue weighted by Crippen LogP contribution is 2.32. The standard InChI is InChI=1S/C8H20NO3P/c1-2-3-4-5-6-9-7-8-13(10,11)12/h9H,2-8H2,1H3,(H2,10,11,12). The van der Waals surface area contributed by atoms with Crippen LogP contribution in [0.2, 0.25) is 0 Å². The summed E-state index contributed by atoms with van der Waals surface area (Å²) < 4.78 is 10.4. The number of unbranched alkanes of at least 4 members (excludes halogenated alkanes) is 3. The van der Waals surface area contributed by atoms with Gasteiger partial charge in [0.1, 0.15) is 0 Å². The van der Waals surface area contributed by atoms with Gasteiger partial charge >= 0.3 is 7.60 Å². The van der Waals surface area contributed by atoms with Gasteiger partial charge in [0.15, 0.2) is 0 Å². The van der Waals surface area contributed by atoms with Crippen molar-refractivity contribution in [3.63, 3.8) is 0 Å². The van der Waals surface area contributed by atoms with Crippen molar-refractivity contribution in [1.29, 1.82) is 0 Å². The topological polar surface area (TPSA) is 69.6 Å². The maximum absolute atomic E-state index is 10.4. The van der Waals surface area contributed by atoms with E-state index in [0.29, 0.717) is 6.54 Å². The molecular weight excluding hydrogens is 189 g/mol. The third-order valence-corrected chi connectivity index (χ3v) is 2.59. The lowest BCUT2D eigenvalue weighted by atomic mass is 10.2. The van der Waals surface area contributed by atoms with E-state index in [1.54, 1.807) is 0 Å². The van der Waals surface area contributed by atoms with Crippen LogP contribution < -0.4 is 5.32 Å². The highest BCUT2D eigenvalue weighted by molar-refractivity contribution is 7.51. The molecule has 13 heavy (non-hydrogen) atoms. The van der Waals surface area contributed by atoms with Crippen LogP contribution in [0.5, 0.6) is 0 Å². The molecule has 0 aliphatic carbocycles. The lowest BCUT2D eigenvalue weighted by Gasteiger charge is -2.05. The van der Waals surface area contributed by atoms with Crippen LogP contribution in [-0.4, -0.2) is 29.0 Å². The Labute approximate surface area is 79.9 Å². The molecule has 0 rings (SSSR count). The van der Waals surface area contributed by atoms with Crippen LogP contribution in [0.4, 0.5) is 0 Å². The molecule has 0 atom stereocenters. The van der Waals surface area contributed by atoms with Crippen molar-refractivity contribution < 1.29 is 14.4 Å². The van der Waals surface area contributed by atoms with Gasteiger partial charge in [-0.15, -0.1) is 0 Å². The Morgan fingerprint density at radius 3 is 2.38 bits per heavy atom. The molecule has 0 saturated carbocycles. The highest BCUT2D eigenvalue weighted by Gasteiger charge is 2.10. The summed E-state index contributed by atoms with van der Waals surface area (Å²) in [5, 5.41) is 3.01. The van der Waals surface area contributed by atoms with E-state index in [1.165, 1.54) is 19.3 Å². The predicted molar refractivity (Wildman–Crippen MR) is 53.9 cm³/mol. The lowest BCUT2D eigenvalue weighted by Crippen LogP contribution is -2.19. The maximum atomic E-state index is 10.4. The molecule has 0 bridgehead atoms. The Morgan fingerprint density at radius 2 is 1.85 bits per heavy atom. The van der Waals surface area contributed by atoms with Gasteiger partial charge in [-0.25, -0.2) is 0 Å². The number of hydrogen-bond acceptors (Lipinski definition) is 2. The van der Waals surface area contributed by atoms with Gasteiger partial charge in [0, 0.05) is 6.54 Å². The summed E-state index contributed by atoms with van der Waals surface area (Å²) in [6, 6.07) is 0. The normalized spacial score (nSPS) is 11.9. The Morgan fingerprint density at radius 1 is 1.15 bits per heavy atom. The molecule has 0 unspecified atom stereocenters. The van der Waals surface area contributed by atoms with Crippen molar-refractivity contribution in [2.45, 2.75) is 32.6 Å². The molecule has 0 aliphatic heterocycles. The molecule has 5 heteroatoms. The zero-order valence-electron chi connectivity index (χ0n) is 8.20. The zero-order chi connectivity index (χ0) is 10.2. The van der Waals surface area contributed by atoms with Gasteiger partial charge in [0.05, 0.1) is 6.16 Å². The van der Waals surface area contributed by atoms with Crippen LogP contribution in [0.25, 0.3) is 0 Å². The molecule has 0 radical (unpaired) electrons. The SMILES string of the molecule is CCCCCCNCCP(=O)(O)O. The van der Waals surface area contributed by atoms with Crippen LogP contribution >= 0.6 is 7.60 Å². The first-order chi connectivity index (χ1) is 6.06. The summed E-state index contributed by atoms with van der Waals surface area (Å²) in [5.41, 5.74) is 0. The van der Waals surface area contributed by atoms with Gasteiger partial charge in [0.25, 0.3) is 0 Å². The van der Waals surface area contributed by atoms with Gasteiger partial charge < -0.3 is 15.1 Å². The largest absolute Gasteiger partial charge is 0.326 e. The Hall–Kier alpha value is 0.110. The Balaban J connectivity index is 3.04. The van der Waals surface area contributed by atoms with Crippen molar-refractivity contribution >= 4 is 7.60 Å². The number of hydrogen-bond donors (Lipinski definition) is 3. The molecule has 0 amide bonds. The molecule has 0 aromatic carbocycles. The molecule has 0 aliphatic rings. The summed E-state index contributed by atoms with van der Waals surface area (Å²) in [6.07, 6.45) is 4.68. The quantitative estimate of drug-likeness (QED) is 0.416. The van der Waals surface area contributed by atoms with Gasteiger partial charge in [0.2, 0.25) is 0 Å². The second-order valence-corrected chi connectivity index (χ2v) is 4.98. The molecular formula is C8H20NO3P. The van der Waals surface area contributed by atoms with E-state index in [-0.39, 0.29) is 6.16 Å². The second kappa shape index (κ2) is 7.51. The fraction of sp³-hybridized carbons (Fsp3) is 1.00. The molecule has 0 aromatic rings. The predicted octanol–water partition coefficient (Wildman–Crippen LogP) is 1.33. The first-order valence-electron chi connectivity index (χ1n) is 4.81. The zero-order valence-corrected chi connectivity index (χ0v) is 9.09. The smallest absolute Gasteiger partial charge is 0.324 e. The van der Waals surface area contributed by atoms with Crippen molar-refractivity contribution in [2.75, 3.05) is 19.3 Å².